The second-order valence-corrected chi connectivity index (χ2v) is 5.61. The Balaban J connectivity index is 2.26. The molecule has 0 aliphatic carbocycles. The van der Waals surface area contributed by atoms with Gasteiger partial charge in [0.05, 0.1) is 11.4 Å². The first kappa shape index (κ1) is 11.4. The summed E-state index contributed by atoms with van der Waals surface area (Å²) in [6.07, 6.45) is 4.40. The molecule has 2 rings (SSSR count). The van der Waals surface area contributed by atoms with Crippen LogP contribution < -0.4 is 4.90 Å². The Labute approximate surface area is 97.9 Å². The van der Waals surface area contributed by atoms with Crippen molar-refractivity contribution in [3.8, 4) is 0 Å². The Morgan fingerprint density at radius 1 is 1.31 bits per heavy atom. The zero-order chi connectivity index (χ0) is 11.8. The summed E-state index contributed by atoms with van der Waals surface area (Å²) in [5.41, 5.74) is 2.45. The number of hydrogen-bond donors (Lipinski definition) is 0. The molecule has 1 aromatic rings. The molecular formula is C13H21N3. The predicted molar refractivity (Wildman–Crippen MR) is 66.7 cm³/mol. The van der Waals surface area contributed by atoms with Crippen LogP contribution in [0.5, 0.6) is 0 Å². The number of rotatable bonds is 1. The standard InChI is InChI=1S/C13H21N3/c1-10-8-14-11(2)12(15-10)16-7-5-6-13(3,4)9-16/h8H,5-7,9H2,1-4H3. The van der Waals surface area contributed by atoms with Crippen LogP contribution in [0.25, 0.3) is 0 Å². The smallest absolute Gasteiger partial charge is 0.150 e. The summed E-state index contributed by atoms with van der Waals surface area (Å²) in [6.45, 7) is 10.9. The molecule has 0 N–H and O–H groups in total. The first-order valence-corrected chi connectivity index (χ1v) is 6.03. The maximum atomic E-state index is 4.63. The third-order valence-corrected chi connectivity index (χ3v) is 3.25. The molecule has 16 heavy (non-hydrogen) atoms. The average Bonchev–Trinajstić information content (AvgIpc) is 2.20. The molecule has 3 nitrogen and oxygen atoms in total. The van der Waals surface area contributed by atoms with E-state index in [9.17, 15) is 0 Å². The van der Waals surface area contributed by atoms with E-state index in [1.54, 1.807) is 0 Å². The van der Waals surface area contributed by atoms with Crippen LogP contribution in [0, 0.1) is 19.3 Å². The van der Waals surface area contributed by atoms with E-state index in [1.807, 2.05) is 20.0 Å². The molecule has 1 aliphatic heterocycles. The lowest BCUT2D eigenvalue weighted by Gasteiger charge is -2.39. The normalized spacial score (nSPS) is 19.9. The highest BCUT2D eigenvalue weighted by Crippen LogP contribution is 2.31. The van der Waals surface area contributed by atoms with E-state index in [2.05, 4.69) is 28.7 Å². The van der Waals surface area contributed by atoms with Gasteiger partial charge in [-0.05, 0) is 32.1 Å². The Morgan fingerprint density at radius 3 is 2.75 bits per heavy atom. The van der Waals surface area contributed by atoms with E-state index in [1.165, 1.54) is 12.8 Å². The van der Waals surface area contributed by atoms with Crippen molar-refractivity contribution < 1.29 is 0 Å². The number of aromatic nitrogens is 2. The number of piperidine rings is 1. The highest BCUT2D eigenvalue weighted by Gasteiger charge is 2.27. The van der Waals surface area contributed by atoms with Crippen LogP contribution >= 0.6 is 0 Å². The molecule has 0 saturated carbocycles. The summed E-state index contributed by atoms with van der Waals surface area (Å²) in [5.74, 6) is 1.08. The maximum Gasteiger partial charge on any atom is 0.150 e. The fraction of sp³-hybridized carbons (Fsp3) is 0.692. The van der Waals surface area contributed by atoms with Gasteiger partial charge < -0.3 is 4.90 Å². The Bertz CT molecular complexity index is 385. The largest absolute Gasteiger partial charge is 0.355 e. The quantitative estimate of drug-likeness (QED) is 0.727. The summed E-state index contributed by atoms with van der Waals surface area (Å²) in [7, 11) is 0. The zero-order valence-corrected chi connectivity index (χ0v) is 10.7. The van der Waals surface area contributed by atoms with Gasteiger partial charge in [-0.1, -0.05) is 13.8 Å². The molecule has 1 saturated heterocycles. The number of hydrogen-bond acceptors (Lipinski definition) is 3. The van der Waals surface area contributed by atoms with Gasteiger partial charge in [0.25, 0.3) is 0 Å². The van der Waals surface area contributed by atoms with E-state index < -0.39 is 0 Å². The average molecular weight is 219 g/mol. The summed E-state index contributed by atoms with van der Waals surface area (Å²) in [5, 5.41) is 0. The van der Waals surface area contributed by atoms with Gasteiger partial charge in [0.1, 0.15) is 5.82 Å². The molecule has 0 unspecified atom stereocenters. The van der Waals surface area contributed by atoms with Gasteiger partial charge in [-0.2, -0.15) is 0 Å². The molecule has 3 heteroatoms. The van der Waals surface area contributed by atoms with E-state index in [4.69, 9.17) is 0 Å². The van der Waals surface area contributed by atoms with Gasteiger partial charge in [-0.3, -0.25) is 4.98 Å². The minimum atomic E-state index is 0.399. The van der Waals surface area contributed by atoms with Crippen molar-refractivity contribution in [2.75, 3.05) is 18.0 Å². The van der Waals surface area contributed by atoms with Gasteiger partial charge in [0, 0.05) is 19.3 Å². The molecule has 88 valence electrons. The first-order valence-electron chi connectivity index (χ1n) is 6.03. The van der Waals surface area contributed by atoms with Gasteiger partial charge in [0.2, 0.25) is 0 Å². The second-order valence-electron chi connectivity index (χ2n) is 5.61. The summed E-state index contributed by atoms with van der Waals surface area (Å²) in [4.78, 5) is 11.4. The van der Waals surface area contributed by atoms with Crippen LogP contribution in [-0.2, 0) is 0 Å². The molecule has 2 heterocycles. The summed E-state index contributed by atoms with van der Waals surface area (Å²) < 4.78 is 0. The van der Waals surface area contributed by atoms with Gasteiger partial charge in [-0.25, -0.2) is 4.98 Å². The number of nitrogens with zero attached hydrogens (tertiary/aromatic N) is 3. The SMILES string of the molecule is Cc1cnc(C)c(N2CCCC(C)(C)C2)n1. The molecule has 1 fully saturated rings. The molecule has 1 aromatic heterocycles. The highest BCUT2D eigenvalue weighted by atomic mass is 15.2. The van der Waals surface area contributed by atoms with Crippen molar-refractivity contribution in [2.45, 2.75) is 40.5 Å². The number of aryl methyl sites for hydroxylation is 2. The van der Waals surface area contributed by atoms with Crippen molar-refractivity contribution in [3.05, 3.63) is 17.6 Å². The summed E-state index contributed by atoms with van der Waals surface area (Å²) >= 11 is 0. The van der Waals surface area contributed by atoms with Gasteiger partial charge in [0.15, 0.2) is 0 Å². The highest BCUT2D eigenvalue weighted by molar-refractivity contribution is 5.44. The first-order chi connectivity index (χ1) is 7.48. The van der Waals surface area contributed by atoms with E-state index in [-0.39, 0.29) is 0 Å². The lowest BCUT2D eigenvalue weighted by atomic mass is 9.84. The van der Waals surface area contributed by atoms with Crippen molar-refractivity contribution >= 4 is 5.82 Å². The Hall–Kier alpha value is -1.12. The maximum absolute atomic E-state index is 4.63. The third kappa shape index (κ3) is 2.34. The predicted octanol–water partition coefficient (Wildman–Crippen LogP) is 2.72. The molecule has 0 amide bonds. The fourth-order valence-corrected chi connectivity index (χ4v) is 2.43. The minimum Gasteiger partial charge on any atom is -0.355 e. The van der Waals surface area contributed by atoms with Crippen LogP contribution in [0.4, 0.5) is 5.82 Å². The van der Waals surface area contributed by atoms with E-state index in [0.29, 0.717) is 5.41 Å². The van der Waals surface area contributed by atoms with Crippen LogP contribution in [0.15, 0.2) is 6.20 Å². The fourth-order valence-electron chi connectivity index (χ4n) is 2.43. The van der Waals surface area contributed by atoms with E-state index >= 15 is 0 Å². The zero-order valence-electron chi connectivity index (χ0n) is 10.7. The molecule has 0 spiro atoms. The minimum absolute atomic E-state index is 0.399. The number of anilines is 1. The third-order valence-electron chi connectivity index (χ3n) is 3.25. The lowest BCUT2D eigenvalue weighted by Crippen LogP contribution is -2.41. The molecule has 1 aliphatic rings. The molecule has 0 atom stereocenters. The van der Waals surface area contributed by atoms with Crippen LogP contribution in [-0.4, -0.2) is 23.1 Å². The van der Waals surface area contributed by atoms with Crippen LogP contribution in [0.2, 0.25) is 0 Å². The lowest BCUT2D eigenvalue weighted by molar-refractivity contribution is 0.291. The van der Waals surface area contributed by atoms with Crippen molar-refractivity contribution in [2.24, 2.45) is 5.41 Å². The topological polar surface area (TPSA) is 29.0 Å². The Kier molecular flexibility index (Phi) is 2.87. The van der Waals surface area contributed by atoms with Crippen molar-refractivity contribution in [3.63, 3.8) is 0 Å². The monoisotopic (exact) mass is 219 g/mol. The van der Waals surface area contributed by atoms with Gasteiger partial charge >= 0.3 is 0 Å². The molecule has 0 bridgehead atoms. The summed E-state index contributed by atoms with van der Waals surface area (Å²) in [6, 6.07) is 0. The van der Waals surface area contributed by atoms with Gasteiger partial charge in [-0.15, -0.1) is 0 Å². The van der Waals surface area contributed by atoms with Crippen molar-refractivity contribution in [1.82, 2.24) is 9.97 Å². The molecule has 0 radical (unpaired) electrons. The second kappa shape index (κ2) is 4.04. The molecule has 0 aromatic carbocycles. The Morgan fingerprint density at radius 2 is 2.06 bits per heavy atom. The molecular weight excluding hydrogens is 198 g/mol. The van der Waals surface area contributed by atoms with Crippen molar-refractivity contribution in [1.29, 1.82) is 0 Å². The van der Waals surface area contributed by atoms with Crippen LogP contribution in [0.3, 0.4) is 0 Å². The van der Waals surface area contributed by atoms with Crippen LogP contribution in [0.1, 0.15) is 38.1 Å². The van der Waals surface area contributed by atoms with E-state index in [0.717, 1.165) is 30.3 Å².